The smallest absolute Gasteiger partial charge is 0.270 e. The van der Waals surface area contributed by atoms with Gasteiger partial charge in [-0.2, -0.15) is 0 Å². The van der Waals surface area contributed by atoms with Crippen LogP contribution in [-0.4, -0.2) is 40.8 Å². The van der Waals surface area contributed by atoms with E-state index in [4.69, 9.17) is 0 Å². The first-order valence-corrected chi connectivity index (χ1v) is 9.46. The highest BCUT2D eigenvalue weighted by Gasteiger charge is 2.25. The summed E-state index contributed by atoms with van der Waals surface area (Å²) in [6.07, 6.45) is 3.12. The number of piperidine rings is 1. The zero-order chi connectivity index (χ0) is 19.4. The lowest BCUT2D eigenvalue weighted by atomic mass is 9.86. The van der Waals surface area contributed by atoms with Gasteiger partial charge in [0.15, 0.2) is 0 Å². The molecule has 5 nitrogen and oxygen atoms in total. The van der Waals surface area contributed by atoms with Gasteiger partial charge in [-0.05, 0) is 48.1 Å². The minimum atomic E-state index is -0.154. The molecule has 0 aliphatic carbocycles. The zero-order valence-corrected chi connectivity index (χ0v) is 16.2. The summed E-state index contributed by atoms with van der Waals surface area (Å²) in [6, 6.07) is 13.3. The number of aromatic nitrogens is 1. The van der Waals surface area contributed by atoms with Crippen LogP contribution in [0.4, 0.5) is 0 Å². The van der Waals surface area contributed by atoms with E-state index >= 15 is 0 Å². The van der Waals surface area contributed by atoms with E-state index in [1.165, 1.54) is 5.56 Å². The van der Waals surface area contributed by atoms with Crippen LogP contribution in [-0.2, 0) is 5.41 Å². The highest BCUT2D eigenvalue weighted by Crippen LogP contribution is 2.23. The van der Waals surface area contributed by atoms with E-state index in [0.29, 0.717) is 18.8 Å². The molecule has 0 radical (unpaired) electrons. The number of pyridine rings is 1. The predicted molar refractivity (Wildman–Crippen MR) is 106 cm³/mol. The van der Waals surface area contributed by atoms with Gasteiger partial charge in [0.1, 0.15) is 5.69 Å². The largest absolute Gasteiger partial charge is 0.348 e. The number of hydrogen-bond donors (Lipinski definition) is 1. The van der Waals surface area contributed by atoms with Gasteiger partial charge in [0.25, 0.3) is 11.8 Å². The predicted octanol–water partition coefficient (Wildman–Crippen LogP) is 3.41. The molecule has 1 saturated heterocycles. The van der Waals surface area contributed by atoms with E-state index < -0.39 is 0 Å². The Bertz CT molecular complexity index is 787. The van der Waals surface area contributed by atoms with Gasteiger partial charge < -0.3 is 10.2 Å². The molecule has 1 aromatic heterocycles. The van der Waals surface area contributed by atoms with Crippen molar-refractivity contribution in [3.05, 3.63) is 65.5 Å². The number of nitrogens with one attached hydrogen (secondary N) is 1. The van der Waals surface area contributed by atoms with Gasteiger partial charge in [0, 0.05) is 30.9 Å². The Kier molecular flexibility index (Phi) is 5.59. The zero-order valence-electron chi connectivity index (χ0n) is 16.2. The summed E-state index contributed by atoms with van der Waals surface area (Å²) in [5, 5.41) is 3.02. The lowest BCUT2D eigenvalue weighted by molar-refractivity contribution is 0.0697. The lowest BCUT2D eigenvalue weighted by Gasteiger charge is -2.32. The maximum Gasteiger partial charge on any atom is 0.270 e. The van der Waals surface area contributed by atoms with Gasteiger partial charge >= 0.3 is 0 Å². The maximum absolute atomic E-state index is 12.7. The van der Waals surface area contributed by atoms with Gasteiger partial charge in [-0.3, -0.25) is 14.6 Å². The first-order chi connectivity index (χ1) is 12.8. The number of amides is 2. The van der Waals surface area contributed by atoms with Crippen molar-refractivity contribution in [2.24, 2.45) is 0 Å². The van der Waals surface area contributed by atoms with Crippen LogP contribution >= 0.6 is 0 Å². The Balaban J connectivity index is 1.54. The van der Waals surface area contributed by atoms with E-state index in [0.717, 1.165) is 18.4 Å². The molecule has 0 bridgehead atoms. The van der Waals surface area contributed by atoms with Gasteiger partial charge in [0.2, 0.25) is 0 Å². The minimum Gasteiger partial charge on any atom is -0.348 e. The van der Waals surface area contributed by atoms with Crippen molar-refractivity contribution in [2.75, 3.05) is 13.1 Å². The molecule has 1 aromatic carbocycles. The van der Waals surface area contributed by atoms with Gasteiger partial charge in [-0.25, -0.2) is 0 Å². The third-order valence-electron chi connectivity index (χ3n) is 5.01. The Morgan fingerprint density at radius 2 is 1.70 bits per heavy atom. The average Bonchev–Trinajstić information content (AvgIpc) is 2.68. The van der Waals surface area contributed by atoms with Crippen LogP contribution in [0, 0.1) is 0 Å². The quantitative estimate of drug-likeness (QED) is 0.907. The van der Waals surface area contributed by atoms with E-state index in [-0.39, 0.29) is 23.3 Å². The highest BCUT2D eigenvalue weighted by molar-refractivity contribution is 5.94. The van der Waals surface area contributed by atoms with Crippen LogP contribution in [0.3, 0.4) is 0 Å². The van der Waals surface area contributed by atoms with Crippen molar-refractivity contribution in [3.63, 3.8) is 0 Å². The van der Waals surface area contributed by atoms with Crippen molar-refractivity contribution in [2.45, 2.75) is 45.1 Å². The SMILES string of the molecule is CC(C)(C)c1ccc(C(=O)N2CCC(NC(=O)c3ccccn3)CC2)cc1. The lowest BCUT2D eigenvalue weighted by Crippen LogP contribution is -2.46. The monoisotopic (exact) mass is 365 g/mol. The molecular weight excluding hydrogens is 338 g/mol. The fourth-order valence-electron chi connectivity index (χ4n) is 3.28. The minimum absolute atomic E-state index is 0.0601. The van der Waals surface area contributed by atoms with Crippen molar-refractivity contribution in [1.29, 1.82) is 0 Å². The third kappa shape index (κ3) is 4.73. The summed E-state index contributed by atoms with van der Waals surface area (Å²) in [7, 11) is 0. The molecule has 2 amide bonds. The second-order valence-electron chi connectivity index (χ2n) is 8.08. The molecule has 2 aromatic rings. The van der Waals surface area contributed by atoms with Gasteiger partial charge in [0.05, 0.1) is 0 Å². The van der Waals surface area contributed by atoms with E-state index in [2.05, 4.69) is 31.1 Å². The molecule has 0 spiro atoms. The summed E-state index contributed by atoms with van der Waals surface area (Å²) in [6.45, 7) is 7.77. The number of benzene rings is 1. The normalized spacial score (nSPS) is 15.4. The standard InChI is InChI=1S/C22H27N3O2/c1-22(2,3)17-9-7-16(8-10-17)21(27)25-14-11-18(12-15-25)24-20(26)19-6-4-5-13-23-19/h4-10,13,18H,11-12,14-15H2,1-3H3,(H,24,26). The number of rotatable bonds is 3. The molecular formula is C22H27N3O2. The third-order valence-corrected chi connectivity index (χ3v) is 5.01. The molecule has 1 N–H and O–H groups in total. The number of carbonyl (C=O) groups excluding carboxylic acids is 2. The van der Waals surface area contributed by atoms with Crippen molar-refractivity contribution < 1.29 is 9.59 Å². The Morgan fingerprint density at radius 1 is 1.04 bits per heavy atom. The molecule has 27 heavy (non-hydrogen) atoms. The Morgan fingerprint density at radius 3 is 2.26 bits per heavy atom. The fraction of sp³-hybridized carbons (Fsp3) is 0.409. The number of nitrogens with zero attached hydrogens (tertiary/aromatic N) is 2. The second kappa shape index (κ2) is 7.91. The van der Waals surface area contributed by atoms with Gasteiger partial charge in [-0.15, -0.1) is 0 Å². The number of hydrogen-bond acceptors (Lipinski definition) is 3. The Hall–Kier alpha value is -2.69. The second-order valence-corrected chi connectivity index (χ2v) is 8.08. The summed E-state index contributed by atoms with van der Waals surface area (Å²) in [4.78, 5) is 30.9. The molecule has 1 aliphatic heterocycles. The highest BCUT2D eigenvalue weighted by atomic mass is 16.2. The van der Waals surface area contributed by atoms with E-state index in [9.17, 15) is 9.59 Å². The molecule has 1 fully saturated rings. The van der Waals surface area contributed by atoms with Crippen LogP contribution in [0.5, 0.6) is 0 Å². The Labute approximate surface area is 160 Å². The molecule has 3 rings (SSSR count). The van der Waals surface area contributed by atoms with Crippen LogP contribution in [0.25, 0.3) is 0 Å². The molecule has 0 unspecified atom stereocenters. The molecule has 2 heterocycles. The molecule has 142 valence electrons. The van der Waals surface area contributed by atoms with Crippen molar-refractivity contribution in [1.82, 2.24) is 15.2 Å². The van der Waals surface area contributed by atoms with E-state index in [1.54, 1.807) is 24.4 Å². The van der Waals surface area contributed by atoms with Crippen molar-refractivity contribution >= 4 is 11.8 Å². The average molecular weight is 365 g/mol. The molecule has 5 heteroatoms. The first kappa shape index (κ1) is 19.1. The topological polar surface area (TPSA) is 62.3 Å². The van der Waals surface area contributed by atoms with E-state index in [1.807, 2.05) is 29.2 Å². The summed E-state index contributed by atoms with van der Waals surface area (Å²) in [5.74, 6) is -0.0943. The van der Waals surface area contributed by atoms with Gasteiger partial charge in [-0.1, -0.05) is 39.0 Å². The maximum atomic E-state index is 12.7. The molecule has 1 aliphatic rings. The summed E-state index contributed by atoms with van der Waals surface area (Å²) in [5.41, 5.74) is 2.44. The first-order valence-electron chi connectivity index (χ1n) is 9.46. The summed E-state index contributed by atoms with van der Waals surface area (Å²) < 4.78 is 0. The van der Waals surface area contributed by atoms with Crippen LogP contribution in [0.15, 0.2) is 48.7 Å². The molecule has 0 atom stereocenters. The van der Waals surface area contributed by atoms with Crippen LogP contribution < -0.4 is 5.32 Å². The number of carbonyl (C=O) groups is 2. The fourth-order valence-corrected chi connectivity index (χ4v) is 3.28. The molecule has 0 saturated carbocycles. The van der Waals surface area contributed by atoms with Crippen LogP contribution in [0.2, 0.25) is 0 Å². The summed E-state index contributed by atoms with van der Waals surface area (Å²) >= 11 is 0. The number of likely N-dealkylation sites (tertiary alicyclic amines) is 1. The van der Waals surface area contributed by atoms with Crippen LogP contribution in [0.1, 0.15) is 60.0 Å². The van der Waals surface area contributed by atoms with Crippen molar-refractivity contribution in [3.8, 4) is 0 Å².